The van der Waals surface area contributed by atoms with E-state index < -0.39 is 5.97 Å². The van der Waals surface area contributed by atoms with Gasteiger partial charge in [-0.2, -0.15) is 0 Å². The number of hydrogen-bond donors (Lipinski definition) is 1. The van der Waals surface area contributed by atoms with Crippen LogP contribution in [0.25, 0.3) is 10.9 Å². The van der Waals surface area contributed by atoms with Crippen molar-refractivity contribution in [1.82, 2.24) is 14.1 Å². The van der Waals surface area contributed by atoms with E-state index in [9.17, 15) is 4.79 Å². The van der Waals surface area contributed by atoms with Crippen LogP contribution in [-0.2, 0) is 24.3 Å². The fraction of sp³-hybridized carbons (Fsp3) is 0.250. The van der Waals surface area contributed by atoms with E-state index in [4.69, 9.17) is 5.11 Å². The number of benzene rings is 1. The number of carboxylic acids is 1. The molecule has 0 fully saturated rings. The number of aryl methyl sites for hydroxylation is 2. The molecule has 2 aromatic heterocycles. The molecule has 108 valence electrons. The lowest BCUT2D eigenvalue weighted by Gasteiger charge is -2.05. The van der Waals surface area contributed by atoms with Gasteiger partial charge in [0.25, 0.3) is 0 Å². The van der Waals surface area contributed by atoms with Gasteiger partial charge < -0.3 is 14.2 Å². The molecule has 0 aliphatic heterocycles. The van der Waals surface area contributed by atoms with E-state index in [2.05, 4.69) is 9.55 Å². The average Bonchev–Trinajstić information content (AvgIpc) is 3.08. The predicted octanol–water partition coefficient (Wildman–Crippen LogP) is 2.56. The van der Waals surface area contributed by atoms with Gasteiger partial charge in [-0.3, -0.25) is 4.79 Å². The molecular weight excluding hydrogens is 266 g/mol. The monoisotopic (exact) mass is 283 g/mol. The molecule has 0 bridgehead atoms. The van der Waals surface area contributed by atoms with Gasteiger partial charge in [-0.15, -0.1) is 0 Å². The fourth-order valence-electron chi connectivity index (χ4n) is 2.65. The van der Waals surface area contributed by atoms with Crippen molar-refractivity contribution in [3.8, 4) is 0 Å². The van der Waals surface area contributed by atoms with Crippen molar-refractivity contribution >= 4 is 16.9 Å². The summed E-state index contributed by atoms with van der Waals surface area (Å²) in [5, 5.41) is 10.0. The minimum atomic E-state index is -0.795. The van der Waals surface area contributed by atoms with Crippen molar-refractivity contribution < 1.29 is 9.90 Å². The van der Waals surface area contributed by atoms with E-state index in [1.165, 1.54) is 0 Å². The van der Waals surface area contributed by atoms with Gasteiger partial charge in [-0.25, -0.2) is 4.98 Å². The van der Waals surface area contributed by atoms with Crippen LogP contribution in [-0.4, -0.2) is 25.2 Å². The highest BCUT2D eigenvalue weighted by molar-refractivity contribution is 5.87. The summed E-state index contributed by atoms with van der Waals surface area (Å²) in [7, 11) is 0. The van der Waals surface area contributed by atoms with Crippen LogP contribution >= 0.6 is 0 Å². The maximum atomic E-state index is 11.0. The quantitative estimate of drug-likeness (QED) is 0.756. The highest BCUT2D eigenvalue weighted by atomic mass is 16.4. The first-order valence-corrected chi connectivity index (χ1v) is 6.98. The second-order valence-corrected chi connectivity index (χ2v) is 5.09. The number of nitrogens with zero attached hydrogens (tertiary/aromatic N) is 3. The summed E-state index contributed by atoms with van der Waals surface area (Å²) in [6, 6.07) is 7.96. The zero-order valence-corrected chi connectivity index (χ0v) is 11.6. The Bertz CT molecular complexity index is 744. The largest absolute Gasteiger partial charge is 0.481 e. The summed E-state index contributed by atoms with van der Waals surface area (Å²) in [4.78, 5) is 15.0. The van der Waals surface area contributed by atoms with E-state index in [1.54, 1.807) is 6.20 Å². The number of hydrogen-bond acceptors (Lipinski definition) is 2. The Kier molecular flexibility index (Phi) is 3.73. The molecule has 0 saturated heterocycles. The Morgan fingerprint density at radius 1 is 1.24 bits per heavy atom. The van der Waals surface area contributed by atoms with Gasteiger partial charge in [0.05, 0.1) is 12.7 Å². The van der Waals surface area contributed by atoms with Crippen LogP contribution in [0.5, 0.6) is 0 Å². The Labute approximate surface area is 122 Å². The SMILES string of the molecule is O=C(O)Cc1cn(CCCn2ccnc2)c2ccccc12. The molecule has 0 aliphatic carbocycles. The molecule has 0 radical (unpaired) electrons. The predicted molar refractivity (Wildman–Crippen MR) is 80.1 cm³/mol. The number of rotatable bonds is 6. The highest BCUT2D eigenvalue weighted by Crippen LogP contribution is 2.22. The number of para-hydroxylation sites is 1. The van der Waals surface area contributed by atoms with Crippen LogP contribution in [0.1, 0.15) is 12.0 Å². The average molecular weight is 283 g/mol. The lowest BCUT2D eigenvalue weighted by molar-refractivity contribution is -0.136. The molecule has 5 heteroatoms. The standard InChI is InChI=1S/C16H17N3O2/c20-16(21)10-13-11-19(15-5-2-1-4-14(13)15)8-3-7-18-9-6-17-12-18/h1-2,4-6,9,11-12H,3,7-8,10H2,(H,20,21). The maximum Gasteiger partial charge on any atom is 0.307 e. The zero-order chi connectivity index (χ0) is 14.7. The summed E-state index contributed by atoms with van der Waals surface area (Å²) in [6.45, 7) is 1.76. The highest BCUT2D eigenvalue weighted by Gasteiger charge is 2.10. The Hall–Kier alpha value is -2.56. The summed E-state index contributed by atoms with van der Waals surface area (Å²) in [6.07, 6.45) is 8.53. The summed E-state index contributed by atoms with van der Waals surface area (Å²) in [5.74, 6) is -0.795. The number of fused-ring (bicyclic) bond motifs is 1. The number of carbonyl (C=O) groups is 1. The normalized spacial score (nSPS) is 11.0. The smallest absolute Gasteiger partial charge is 0.307 e. The third kappa shape index (κ3) is 2.97. The summed E-state index contributed by atoms with van der Waals surface area (Å²) in [5.41, 5.74) is 1.97. The van der Waals surface area contributed by atoms with Crippen LogP contribution in [0.2, 0.25) is 0 Å². The number of carboxylic acid groups (broad SMARTS) is 1. The molecule has 0 aliphatic rings. The molecule has 3 rings (SSSR count). The second-order valence-electron chi connectivity index (χ2n) is 5.09. The van der Waals surface area contributed by atoms with Crippen molar-refractivity contribution in [1.29, 1.82) is 0 Å². The van der Waals surface area contributed by atoms with Crippen molar-refractivity contribution in [3.63, 3.8) is 0 Å². The van der Waals surface area contributed by atoms with E-state index >= 15 is 0 Å². The molecule has 0 saturated carbocycles. The molecule has 0 amide bonds. The molecule has 5 nitrogen and oxygen atoms in total. The van der Waals surface area contributed by atoms with E-state index in [0.717, 1.165) is 36.0 Å². The lowest BCUT2D eigenvalue weighted by Crippen LogP contribution is -2.02. The molecule has 0 spiro atoms. The van der Waals surface area contributed by atoms with Crippen LogP contribution < -0.4 is 0 Å². The molecule has 0 atom stereocenters. The van der Waals surface area contributed by atoms with Crippen molar-refractivity contribution in [2.75, 3.05) is 0 Å². The molecule has 21 heavy (non-hydrogen) atoms. The Morgan fingerprint density at radius 2 is 2.10 bits per heavy atom. The van der Waals surface area contributed by atoms with Crippen molar-refractivity contribution in [2.24, 2.45) is 0 Å². The maximum absolute atomic E-state index is 11.0. The van der Waals surface area contributed by atoms with Crippen LogP contribution in [0, 0.1) is 0 Å². The van der Waals surface area contributed by atoms with Gasteiger partial charge in [0.15, 0.2) is 0 Å². The van der Waals surface area contributed by atoms with Crippen LogP contribution in [0.15, 0.2) is 49.2 Å². The molecule has 1 aromatic carbocycles. The van der Waals surface area contributed by atoms with Gasteiger partial charge in [0.1, 0.15) is 0 Å². The van der Waals surface area contributed by atoms with Gasteiger partial charge >= 0.3 is 5.97 Å². The summed E-state index contributed by atoms with van der Waals surface area (Å²) >= 11 is 0. The minimum absolute atomic E-state index is 0.0645. The number of aromatic nitrogens is 3. The van der Waals surface area contributed by atoms with Gasteiger partial charge in [0, 0.05) is 42.6 Å². The molecule has 3 aromatic rings. The van der Waals surface area contributed by atoms with Crippen LogP contribution in [0.4, 0.5) is 0 Å². The van der Waals surface area contributed by atoms with Gasteiger partial charge in [-0.1, -0.05) is 18.2 Å². The summed E-state index contributed by atoms with van der Waals surface area (Å²) < 4.78 is 4.19. The molecule has 0 unspecified atom stereocenters. The van der Waals surface area contributed by atoms with Crippen molar-refractivity contribution in [2.45, 2.75) is 25.9 Å². The van der Waals surface area contributed by atoms with Gasteiger partial charge in [0.2, 0.25) is 0 Å². The minimum Gasteiger partial charge on any atom is -0.481 e. The first-order chi connectivity index (χ1) is 10.2. The Morgan fingerprint density at radius 3 is 2.86 bits per heavy atom. The Balaban J connectivity index is 1.79. The second kappa shape index (κ2) is 5.83. The molecular formula is C16H17N3O2. The number of aliphatic carboxylic acids is 1. The van der Waals surface area contributed by atoms with E-state index in [-0.39, 0.29) is 6.42 Å². The topological polar surface area (TPSA) is 60.0 Å². The molecule has 2 heterocycles. The third-order valence-corrected chi connectivity index (χ3v) is 3.59. The van der Waals surface area contributed by atoms with Gasteiger partial charge in [-0.05, 0) is 18.1 Å². The third-order valence-electron chi connectivity index (χ3n) is 3.59. The van der Waals surface area contributed by atoms with E-state index in [0.29, 0.717) is 0 Å². The fourth-order valence-corrected chi connectivity index (χ4v) is 2.65. The lowest BCUT2D eigenvalue weighted by atomic mass is 10.1. The first kappa shape index (κ1) is 13.4. The zero-order valence-electron chi connectivity index (χ0n) is 11.6. The molecule has 1 N–H and O–H groups in total. The van der Waals surface area contributed by atoms with Crippen LogP contribution in [0.3, 0.4) is 0 Å². The number of imidazole rings is 1. The van der Waals surface area contributed by atoms with E-state index in [1.807, 2.05) is 47.6 Å². The first-order valence-electron chi connectivity index (χ1n) is 6.98. The van der Waals surface area contributed by atoms with Crippen molar-refractivity contribution in [3.05, 3.63) is 54.7 Å².